The van der Waals surface area contributed by atoms with Crippen LogP contribution in [0.3, 0.4) is 0 Å². The Kier molecular flexibility index (Phi) is 1.24. The van der Waals surface area contributed by atoms with E-state index in [2.05, 4.69) is 26.0 Å². The number of benzene rings is 1. The van der Waals surface area contributed by atoms with Crippen molar-refractivity contribution in [1.82, 2.24) is 0 Å². The summed E-state index contributed by atoms with van der Waals surface area (Å²) in [4.78, 5) is 11.2. The Morgan fingerprint density at radius 2 is 1.86 bits per heavy atom. The third kappa shape index (κ3) is 0.669. The third-order valence-electron chi connectivity index (χ3n) is 4.33. The van der Waals surface area contributed by atoms with Gasteiger partial charge in [-0.15, -0.1) is 0 Å². The van der Waals surface area contributed by atoms with Gasteiger partial charge in [-0.3, -0.25) is 4.79 Å². The van der Waals surface area contributed by atoms with Crippen molar-refractivity contribution in [1.29, 1.82) is 0 Å². The topological polar surface area (TPSA) is 17.1 Å². The molecule has 0 radical (unpaired) electrons. The number of carbonyl (C=O) groups excluding carboxylic acids is 1. The maximum absolute atomic E-state index is 11.2. The van der Waals surface area contributed by atoms with Crippen LogP contribution in [0.15, 0.2) is 18.2 Å². The molecule has 0 bridgehead atoms. The summed E-state index contributed by atoms with van der Waals surface area (Å²) in [7, 11) is 0. The first-order chi connectivity index (χ1) is 6.60. The summed E-state index contributed by atoms with van der Waals surface area (Å²) < 4.78 is 0. The molecule has 1 nitrogen and oxygen atoms in total. The fourth-order valence-corrected chi connectivity index (χ4v) is 3.13. The van der Waals surface area contributed by atoms with Crippen molar-refractivity contribution >= 4 is 5.78 Å². The monoisotopic (exact) mass is 186 g/mol. The van der Waals surface area contributed by atoms with Gasteiger partial charge in [0.2, 0.25) is 0 Å². The van der Waals surface area contributed by atoms with Crippen LogP contribution in [-0.2, 0) is 5.41 Å². The summed E-state index contributed by atoms with van der Waals surface area (Å²) in [5.41, 5.74) is 4.19. The highest BCUT2D eigenvalue weighted by atomic mass is 16.1. The lowest BCUT2D eigenvalue weighted by Crippen LogP contribution is -1.89. The van der Waals surface area contributed by atoms with Crippen molar-refractivity contribution in [3.63, 3.8) is 0 Å². The van der Waals surface area contributed by atoms with Crippen molar-refractivity contribution in [2.24, 2.45) is 11.8 Å². The average molecular weight is 186 g/mol. The molecule has 1 saturated carbocycles. The largest absolute Gasteiger partial charge is 0.295 e. The Balaban J connectivity index is 2.05. The lowest BCUT2D eigenvalue weighted by atomic mass is 10.1. The molecule has 0 amide bonds. The van der Waals surface area contributed by atoms with Crippen LogP contribution >= 0.6 is 0 Å². The Bertz CT molecular complexity index is 437. The first kappa shape index (κ1) is 8.22. The fourth-order valence-electron chi connectivity index (χ4n) is 3.13. The summed E-state index contributed by atoms with van der Waals surface area (Å²) in [6.07, 6.45) is 0. The van der Waals surface area contributed by atoms with Gasteiger partial charge in [-0.25, -0.2) is 0 Å². The van der Waals surface area contributed by atoms with Gasteiger partial charge in [0.05, 0.1) is 0 Å². The molecule has 2 aliphatic rings. The van der Waals surface area contributed by atoms with E-state index in [1.54, 1.807) is 6.92 Å². The Morgan fingerprint density at radius 1 is 1.21 bits per heavy atom. The molecule has 2 unspecified atom stereocenters. The maximum atomic E-state index is 11.2. The number of rotatable bonds is 1. The smallest absolute Gasteiger partial charge is 0.159 e. The molecule has 1 aromatic carbocycles. The highest BCUT2D eigenvalue weighted by molar-refractivity contribution is 5.95. The Hall–Kier alpha value is -1.11. The van der Waals surface area contributed by atoms with Crippen LogP contribution in [-0.4, -0.2) is 5.78 Å². The number of fused-ring (bicyclic) bond motifs is 3. The number of Topliss-reactive ketones (excluding diaryl/α,β-unsaturated/α-hetero) is 1. The molecule has 1 heteroatoms. The van der Waals surface area contributed by atoms with Gasteiger partial charge >= 0.3 is 0 Å². The van der Waals surface area contributed by atoms with E-state index in [4.69, 9.17) is 0 Å². The lowest BCUT2D eigenvalue weighted by molar-refractivity contribution is 0.101. The van der Waals surface area contributed by atoms with E-state index in [0.717, 1.165) is 17.4 Å². The quantitative estimate of drug-likeness (QED) is 0.616. The van der Waals surface area contributed by atoms with Crippen LogP contribution in [0.2, 0.25) is 0 Å². The van der Waals surface area contributed by atoms with Gasteiger partial charge in [-0.05, 0) is 36.0 Å². The van der Waals surface area contributed by atoms with Crippen LogP contribution < -0.4 is 0 Å². The van der Waals surface area contributed by atoms with E-state index >= 15 is 0 Å². The van der Waals surface area contributed by atoms with Gasteiger partial charge in [-0.1, -0.05) is 26.0 Å². The molecule has 14 heavy (non-hydrogen) atoms. The summed E-state index contributed by atoms with van der Waals surface area (Å²) in [6.45, 7) is 6.24. The van der Waals surface area contributed by atoms with Crippen molar-refractivity contribution in [3.8, 4) is 0 Å². The zero-order valence-electron chi connectivity index (χ0n) is 8.79. The van der Waals surface area contributed by atoms with Gasteiger partial charge in [0.25, 0.3) is 0 Å². The summed E-state index contributed by atoms with van der Waals surface area (Å²) in [6, 6.07) is 6.21. The van der Waals surface area contributed by atoms with Crippen LogP contribution in [0.1, 0.15) is 42.3 Å². The van der Waals surface area contributed by atoms with E-state index < -0.39 is 0 Å². The summed E-state index contributed by atoms with van der Waals surface area (Å²) in [5.74, 6) is 1.73. The van der Waals surface area contributed by atoms with Gasteiger partial charge in [-0.2, -0.15) is 0 Å². The van der Waals surface area contributed by atoms with Gasteiger partial charge in [0.15, 0.2) is 5.78 Å². The van der Waals surface area contributed by atoms with Crippen molar-refractivity contribution < 1.29 is 4.79 Å². The molecule has 2 aliphatic carbocycles. The molecule has 0 heterocycles. The standard InChI is InChI=1S/C13H14O/c1-7-8(2)13(7)11-5-4-10(9(3)14)6-12(11)13/h4-8H,1-3H3. The molecule has 2 atom stereocenters. The third-order valence-corrected chi connectivity index (χ3v) is 4.33. The SMILES string of the molecule is CC(=O)c1ccc2c(c1)C21C(C)C1C. The molecule has 0 aromatic heterocycles. The predicted octanol–water partition coefficient (Wildman–Crippen LogP) is 2.77. The summed E-state index contributed by atoms with van der Waals surface area (Å²) >= 11 is 0. The Morgan fingerprint density at radius 3 is 2.36 bits per heavy atom. The molecule has 1 fully saturated rings. The van der Waals surface area contributed by atoms with Crippen molar-refractivity contribution in [2.75, 3.05) is 0 Å². The van der Waals surface area contributed by atoms with Crippen molar-refractivity contribution in [3.05, 3.63) is 34.9 Å². The zero-order valence-corrected chi connectivity index (χ0v) is 8.79. The number of carbonyl (C=O) groups is 1. The second-order valence-corrected chi connectivity index (χ2v) is 4.76. The lowest BCUT2D eigenvalue weighted by Gasteiger charge is -1.89. The van der Waals surface area contributed by atoms with E-state index in [1.165, 1.54) is 11.1 Å². The molecule has 0 N–H and O–H groups in total. The predicted molar refractivity (Wildman–Crippen MR) is 55.6 cm³/mol. The fraction of sp³-hybridized carbons (Fsp3) is 0.462. The Labute approximate surface area is 84.1 Å². The molecule has 1 aromatic rings. The van der Waals surface area contributed by atoms with Crippen LogP contribution in [0.4, 0.5) is 0 Å². The van der Waals surface area contributed by atoms with E-state index in [1.807, 2.05) is 6.07 Å². The minimum atomic E-state index is 0.177. The second-order valence-electron chi connectivity index (χ2n) is 4.76. The molecule has 3 rings (SSSR count). The van der Waals surface area contributed by atoms with Gasteiger partial charge in [0.1, 0.15) is 0 Å². The maximum Gasteiger partial charge on any atom is 0.159 e. The minimum absolute atomic E-state index is 0.177. The number of ketones is 1. The van der Waals surface area contributed by atoms with E-state index in [9.17, 15) is 4.79 Å². The first-order valence-corrected chi connectivity index (χ1v) is 5.26. The highest BCUT2D eigenvalue weighted by Crippen LogP contribution is 2.74. The van der Waals surface area contributed by atoms with E-state index in [-0.39, 0.29) is 5.78 Å². The van der Waals surface area contributed by atoms with Crippen LogP contribution in [0, 0.1) is 11.8 Å². The second kappa shape index (κ2) is 2.10. The van der Waals surface area contributed by atoms with Crippen molar-refractivity contribution in [2.45, 2.75) is 26.2 Å². The molecule has 1 spiro atoms. The molecule has 0 saturated heterocycles. The average Bonchev–Trinajstić information content (AvgIpc) is 2.98. The first-order valence-electron chi connectivity index (χ1n) is 5.26. The molecular formula is C13H14O. The normalized spacial score (nSPS) is 36.8. The molecule has 0 aliphatic heterocycles. The van der Waals surface area contributed by atoms with Crippen LogP contribution in [0.25, 0.3) is 0 Å². The number of hydrogen-bond acceptors (Lipinski definition) is 1. The molecule has 72 valence electrons. The highest BCUT2D eigenvalue weighted by Gasteiger charge is 2.71. The summed E-state index contributed by atoms with van der Waals surface area (Å²) in [5, 5.41) is 0. The zero-order chi connectivity index (χ0) is 10.1. The van der Waals surface area contributed by atoms with Crippen LogP contribution in [0.5, 0.6) is 0 Å². The minimum Gasteiger partial charge on any atom is -0.295 e. The van der Waals surface area contributed by atoms with Gasteiger partial charge < -0.3 is 0 Å². The van der Waals surface area contributed by atoms with E-state index in [0.29, 0.717) is 5.41 Å². The number of hydrogen-bond donors (Lipinski definition) is 0. The van der Waals surface area contributed by atoms with Gasteiger partial charge in [0, 0.05) is 11.0 Å². The molecular weight excluding hydrogens is 172 g/mol.